The Bertz CT molecular complexity index is 3180. The number of azo groups is 4. The summed E-state index contributed by atoms with van der Waals surface area (Å²) in [6, 6.07) is 45.4. The molecule has 75 heavy (non-hydrogen) atoms. The number of ether oxygens (including phenoxy) is 4. The number of benzene rings is 7. The highest BCUT2D eigenvalue weighted by atomic mass is 16.6. The van der Waals surface area contributed by atoms with Crippen molar-refractivity contribution in [2.75, 3.05) is 13.2 Å². The lowest BCUT2D eigenvalue weighted by molar-refractivity contribution is -0.156. The average molecular weight is 999 g/mol. The monoisotopic (exact) mass is 998 g/mol. The number of hydrogen-bond donors (Lipinski definition) is 0. The molecule has 374 valence electrons. The van der Waals surface area contributed by atoms with Crippen molar-refractivity contribution in [3.63, 3.8) is 0 Å². The SMILES string of the molecule is CCCC(C)(CC)C(=O)OCCOc1cc(C(=O)Oc2ccc(N=Nc3ccc(N=Nc4ccc(C#N)cc4)cc3C)cc2)cc(C(=O)Oc2ccc(N=Nc3ccc(N=Nc4ccc(C#N)cc4)cc3C)cc2)c1. The molecular weight excluding hydrogens is 949 g/mol. The van der Waals surface area contributed by atoms with E-state index in [1.165, 1.54) is 18.2 Å². The summed E-state index contributed by atoms with van der Waals surface area (Å²) in [6.07, 6.45) is 2.12. The highest BCUT2D eigenvalue weighted by Gasteiger charge is 2.32. The maximum Gasteiger partial charge on any atom is 0.343 e. The van der Waals surface area contributed by atoms with Crippen molar-refractivity contribution in [3.05, 3.63) is 185 Å². The van der Waals surface area contributed by atoms with Crippen molar-refractivity contribution < 1.29 is 33.3 Å². The molecule has 0 aliphatic heterocycles. The molecule has 0 saturated carbocycles. The van der Waals surface area contributed by atoms with Gasteiger partial charge in [0.25, 0.3) is 0 Å². The average Bonchev–Trinajstić information content (AvgIpc) is 3.43. The summed E-state index contributed by atoms with van der Waals surface area (Å²) in [5.41, 5.74) is 6.76. The lowest BCUT2D eigenvalue weighted by Crippen LogP contribution is -2.30. The zero-order valence-electron chi connectivity index (χ0n) is 41.8. The summed E-state index contributed by atoms with van der Waals surface area (Å²) in [7, 11) is 0. The molecule has 0 bridgehead atoms. The van der Waals surface area contributed by atoms with Gasteiger partial charge in [-0.1, -0.05) is 20.3 Å². The van der Waals surface area contributed by atoms with Gasteiger partial charge in [-0.2, -0.15) is 51.4 Å². The third kappa shape index (κ3) is 15.1. The molecule has 0 saturated heterocycles. The van der Waals surface area contributed by atoms with E-state index in [2.05, 4.69) is 53.1 Å². The maximum atomic E-state index is 13.7. The molecule has 7 aromatic carbocycles. The summed E-state index contributed by atoms with van der Waals surface area (Å²) in [5.74, 6) is -1.35. The van der Waals surface area contributed by atoms with Crippen molar-refractivity contribution in [2.24, 2.45) is 46.3 Å². The van der Waals surface area contributed by atoms with E-state index in [0.29, 0.717) is 69.5 Å². The number of esters is 3. The van der Waals surface area contributed by atoms with Gasteiger partial charge in [-0.15, -0.1) is 0 Å². The van der Waals surface area contributed by atoms with Crippen LogP contribution in [0.3, 0.4) is 0 Å². The predicted molar refractivity (Wildman–Crippen MR) is 280 cm³/mol. The van der Waals surface area contributed by atoms with E-state index in [4.69, 9.17) is 29.5 Å². The van der Waals surface area contributed by atoms with Crippen LogP contribution in [-0.2, 0) is 9.53 Å². The van der Waals surface area contributed by atoms with Crippen LogP contribution >= 0.6 is 0 Å². The molecule has 0 amide bonds. The van der Waals surface area contributed by atoms with Gasteiger partial charge in [0.1, 0.15) is 30.5 Å². The zero-order valence-corrected chi connectivity index (χ0v) is 41.8. The molecule has 0 N–H and O–H groups in total. The zero-order chi connectivity index (χ0) is 53.2. The predicted octanol–water partition coefficient (Wildman–Crippen LogP) is 16.3. The molecule has 0 aliphatic rings. The minimum absolute atomic E-state index is 0.00877. The van der Waals surface area contributed by atoms with Crippen LogP contribution in [0.2, 0.25) is 0 Å². The smallest absolute Gasteiger partial charge is 0.343 e. The summed E-state index contributed by atoms with van der Waals surface area (Å²) in [6.45, 7) is 9.47. The fourth-order valence-electron chi connectivity index (χ4n) is 7.14. The normalized spacial score (nSPS) is 12.1. The molecule has 0 heterocycles. The molecule has 0 fully saturated rings. The number of nitriles is 2. The number of aryl methyl sites for hydroxylation is 2. The van der Waals surface area contributed by atoms with Gasteiger partial charge in [0, 0.05) is 0 Å². The van der Waals surface area contributed by atoms with E-state index in [1.54, 1.807) is 121 Å². The third-order valence-electron chi connectivity index (χ3n) is 11.6. The van der Waals surface area contributed by atoms with Crippen LogP contribution in [0.15, 0.2) is 193 Å². The van der Waals surface area contributed by atoms with Crippen LogP contribution in [0, 0.1) is 41.9 Å². The molecule has 0 aliphatic carbocycles. The van der Waals surface area contributed by atoms with E-state index >= 15 is 0 Å². The molecule has 7 aromatic rings. The number of carbonyl (C=O) groups excluding carboxylic acids is 3. The van der Waals surface area contributed by atoms with E-state index < -0.39 is 17.4 Å². The summed E-state index contributed by atoms with van der Waals surface area (Å²) in [4.78, 5) is 40.3. The Balaban J connectivity index is 0.998. The number of rotatable bonds is 20. The first-order valence-corrected chi connectivity index (χ1v) is 23.8. The summed E-state index contributed by atoms with van der Waals surface area (Å²) in [5, 5.41) is 52.5. The van der Waals surface area contributed by atoms with Gasteiger partial charge in [-0.3, -0.25) is 4.79 Å². The van der Waals surface area contributed by atoms with Crippen LogP contribution in [0.4, 0.5) is 45.5 Å². The fourth-order valence-corrected chi connectivity index (χ4v) is 7.14. The van der Waals surface area contributed by atoms with Gasteiger partial charge in [0.2, 0.25) is 0 Å². The first-order valence-electron chi connectivity index (χ1n) is 23.8. The molecule has 7 rings (SSSR count). The van der Waals surface area contributed by atoms with Gasteiger partial charge < -0.3 is 18.9 Å². The molecule has 17 heteroatoms. The Kier molecular flexibility index (Phi) is 18.0. The maximum absolute atomic E-state index is 13.7. The molecule has 1 atom stereocenters. The van der Waals surface area contributed by atoms with Gasteiger partial charge in [-0.25, -0.2) is 9.59 Å². The van der Waals surface area contributed by atoms with Gasteiger partial charge >= 0.3 is 17.9 Å². The first-order chi connectivity index (χ1) is 36.3. The van der Waals surface area contributed by atoms with Crippen molar-refractivity contribution >= 4 is 63.4 Å². The van der Waals surface area contributed by atoms with Crippen LogP contribution in [0.25, 0.3) is 0 Å². The van der Waals surface area contributed by atoms with E-state index in [9.17, 15) is 14.4 Å². The molecule has 0 radical (unpaired) electrons. The van der Waals surface area contributed by atoms with Crippen molar-refractivity contribution in [2.45, 2.75) is 53.9 Å². The van der Waals surface area contributed by atoms with Crippen molar-refractivity contribution in [1.29, 1.82) is 10.5 Å². The summed E-state index contributed by atoms with van der Waals surface area (Å²) < 4.78 is 22.9. The quantitative estimate of drug-likeness (QED) is 0.0305. The molecular formula is C58H50N10O7. The number of carbonyl (C=O) groups is 3. The Morgan fingerprint density at radius 1 is 0.480 bits per heavy atom. The minimum Gasteiger partial charge on any atom is -0.490 e. The van der Waals surface area contributed by atoms with E-state index in [0.717, 1.165) is 17.5 Å². The van der Waals surface area contributed by atoms with Crippen molar-refractivity contribution in [3.8, 4) is 29.4 Å². The largest absolute Gasteiger partial charge is 0.490 e. The fraction of sp³-hybridized carbons (Fsp3) is 0.190. The van der Waals surface area contributed by atoms with Gasteiger partial charge in [-0.05, 0) is 196 Å². The Morgan fingerprint density at radius 2 is 0.867 bits per heavy atom. The highest BCUT2D eigenvalue weighted by Crippen LogP contribution is 2.32. The van der Waals surface area contributed by atoms with Crippen LogP contribution in [0.5, 0.6) is 17.2 Å². The highest BCUT2D eigenvalue weighted by molar-refractivity contribution is 5.97. The van der Waals surface area contributed by atoms with E-state index in [-0.39, 0.29) is 47.6 Å². The number of hydrogen-bond acceptors (Lipinski definition) is 17. The second-order valence-corrected chi connectivity index (χ2v) is 17.2. The lowest BCUT2D eigenvalue weighted by atomic mass is 9.83. The standard InChI is InChI=1S/C58H50N10O7/c1-6-28-58(5,7-2)57(71)73-30-29-72-52-34-42(55(69)74-50-22-16-46(17-23-50)63-67-53-26-20-48(31-38(53)3)65-61-44-12-8-40(36-59)9-13-44)33-43(35-52)56(70)75-51-24-18-47(19-25-51)64-68-54-27-21-49(32-39(54)4)66-62-45-14-10-41(37-60)11-15-45/h8-27,31-35H,6-7,28-30H2,1-5H3. The van der Waals surface area contributed by atoms with Gasteiger partial charge in [0.15, 0.2) is 0 Å². The second-order valence-electron chi connectivity index (χ2n) is 17.2. The van der Waals surface area contributed by atoms with Crippen LogP contribution < -0.4 is 14.2 Å². The lowest BCUT2D eigenvalue weighted by Gasteiger charge is -2.25. The summed E-state index contributed by atoms with van der Waals surface area (Å²) >= 11 is 0. The minimum atomic E-state index is -0.785. The van der Waals surface area contributed by atoms with Crippen LogP contribution in [-0.4, -0.2) is 31.1 Å². The number of nitrogens with zero attached hydrogens (tertiary/aromatic N) is 10. The van der Waals surface area contributed by atoms with Gasteiger partial charge in [0.05, 0.1) is 85.3 Å². The topological polar surface area (TPSA) is 235 Å². The molecule has 0 spiro atoms. The van der Waals surface area contributed by atoms with Crippen molar-refractivity contribution in [1.82, 2.24) is 0 Å². The Hall–Kier alpha value is -9.87. The molecule has 1 unspecified atom stereocenters. The Morgan fingerprint density at radius 3 is 1.25 bits per heavy atom. The Labute approximate surface area is 433 Å². The molecule has 17 nitrogen and oxygen atoms in total. The second kappa shape index (κ2) is 25.5. The molecule has 0 aromatic heterocycles. The van der Waals surface area contributed by atoms with Crippen LogP contribution in [0.1, 0.15) is 83.0 Å². The third-order valence-corrected chi connectivity index (χ3v) is 11.6. The first kappa shape index (κ1) is 52.9. The van der Waals surface area contributed by atoms with E-state index in [1.807, 2.05) is 46.8 Å².